The van der Waals surface area contributed by atoms with Gasteiger partial charge in [-0.25, -0.2) is 4.98 Å². The Morgan fingerprint density at radius 2 is 1.72 bits per heavy atom. The van der Waals surface area contributed by atoms with Crippen molar-refractivity contribution in [3.63, 3.8) is 0 Å². The lowest BCUT2D eigenvalue weighted by Crippen LogP contribution is -1.88. The second-order valence-corrected chi connectivity index (χ2v) is 4.16. The molecule has 0 saturated heterocycles. The fourth-order valence-electron chi connectivity index (χ4n) is 1.84. The van der Waals surface area contributed by atoms with Crippen molar-refractivity contribution in [1.29, 1.82) is 0 Å². The summed E-state index contributed by atoms with van der Waals surface area (Å²) >= 11 is 0. The maximum absolute atomic E-state index is 4.29. The third-order valence-corrected chi connectivity index (χ3v) is 2.82. The molecule has 0 spiro atoms. The van der Waals surface area contributed by atoms with Crippen molar-refractivity contribution >= 4 is 5.65 Å². The molecular formula is C16H12N2. The van der Waals surface area contributed by atoms with Crippen molar-refractivity contribution in [2.75, 3.05) is 0 Å². The van der Waals surface area contributed by atoms with Crippen LogP contribution in [-0.4, -0.2) is 9.38 Å². The van der Waals surface area contributed by atoms with Gasteiger partial charge in [-0.05, 0) is 31.2 Å². The fraction of sp³-hybridized carbons (Fsp3) is 0.0625. The van der Waals surface area contributed by atoms with E-state index in [9.17, 15) is 0 Å². The van der Waals surface area contributed by atoms with Gasteiger partial charge in [0.1, 0.15) is 5.65 Å². The van der Waals surface area contributed by atoms with E-state index in [1.165, 1.54) is 0 Å². The highest BCUT2D eigenvalue weighted by Gasteiger charge is 1.98. The average molecular weight is 232 g/mol. The van der Waals surface area contributed by atoms with Crippen LogP contribution in [0.1, 0.15) is 16.8 Å². The summed E-state index contributed by atoms with van der Waals surface area (Å²) in [7, 11) is 0. The predicted molar refractivity (Wildman–Crippen MR) is 72.4 cm³/mol. The maximum Gasteiger partial charge on any atom is 0.136 e. The molecular weight excluding hydrogens is 220 g/mol. The average Bonchev–Trinajstić information content (AvgIpc) is 2.79. The summed E-state index contributed by atoms with van der Waals surface area (Å²) in [5.41, 5.74) is 4.10. The number of benzene rings is 1. The van der Waals surface area contributed by atoms with Crippen LogP contribution in [0.2, 0.25) is 0 Å². The first-order valence-electron chi connectivity index (χ1n) is 5.84. The number of imidazole rings is 1. The molecule has 2 heterocycles. The van der Waals surface area contributed by atoms with E-state index in [-0.39, 0.29) is 0 Å². The minimum Gasteiger partial charge on any atom is -0.303 e. The van der Waals surface area contributed by atoms with E-state index in [0.717, 1.165) is 22.5 Å². The highest BCUT2D eigenvalue weighted by molar-refractivity contribution is 5.47. The zero-order chi connectivity index (χ0) is 12.4. The molecule has 0 aliphatic carbocycles. The molecule has 0 saturated carbocycles. The Morgan fingerprint density at radius 3 is 2.56 bits per heavy atom. The minimum absolute atomic E-state index is 0.956. The Hall–Kier alpha value is -2.53. The molecule has 0 atom stereocenters. The molecule has 2 nitrogen and oxygen atoms in total. The number of aryl methyl sites for hydroxylation is 1. The molecule has 2 heteroatoms. The van der Waals surface area contributed by atoms with Crippen LogP contribution in [0, 0.1) is 18.8 Å². The van der Waals surface area contributed by atoms with E-state index in [2.05, 4.69) is 21.2 Å². The third kappa shape index (κ3) is 1.99. The van der Waals surface area contributed by atoms with Gasteiger partial charge in [0.25, 0.3) is 0 Å². The molecule has 0 aliphatic rings. The van der Waals surface area contributed by atoms with E-state index in [0.29, 0.717) is 0 Å². The second kappa shape index (κ2) is 4.38. The van der Waals surface area contributed by atoms with Gasteiger partial charge in [-0.1, -0.05) is 30.0 Å². The van der Waals surface area contributed by atoms with E-state index in [1.807, 2.05) is 61.8 Å². The number of fused-ring (bicyclic) bond motifs is 1. The second-order valence-electron chi connectivity index (χ2n) is 4.16. The standard InChI is InChI=1S/C16H12N2/c1-13-11-17-16-10-9-15(12-18(13)16)8-7-14-5-3-2-4-6-14/h2-6,9-12H,1H3. The minimum atomic E-state index is 0.956. The zero-order valence-corrected chi connectivity index (χ0v) is 10.1. The molecule has 3 aromatic rings. The van der Waals surface area contributed by atoms with E-state index in [4.69, 9.17) is 0 Å². The summed E-state index contributed by atoms with van der Waals surface area (Å²) < 4.78 is 2.05. The van der Waals surface area contributed by atoms with Crippen LogP contribution >= 0.6 is 0 Å². The molecule has 0 aliphatic heterocycles. The Labute approximate surface area is 106 Å². The Morgan fingerprint density at radius 1 is 0.944 bits per heavy atom. The SMILES string of the molecule is Cc1cnc2ccc(C#Cc3ccccc3)cn12. The number of hydrogen-bond donors (Lipinski definition) is 0. The summed E-state index contributed by atoms with van der Waals surface area (Å²) in [4.78, 5) is 4.29. The molecule has 0 amide bonds. The van der Waals surface area contributed by atoms with Crippen LogP contribution in [0.5, 0.6) is 0 Å². The normalized spacial score (nSPS) is 10.1. The number of aromatic nitrogens is 2. The van der Waals surface area contributed by atoms with Crippen LogP contribution in [-0.2, 0) is 0 Å². The molecule has 86 valence electrons. The first-order chi connectivity index (χ1) is 8.83. The molecule has 0 N–H and O–H groups in total. The number of nitrogens with zero attached hydrogens (tertiary/aromatic N) is 2. The first-order valence-corrected chi connectivity index (χ1v) is 5.84. The largest absolute Gasteiger partial charge is 0.303 e. The van der Waals surface area contributed by atoms with Gasteiger partial charge < -0.3 is 4.40 Å². The Bertz CT molecular complexity index is 743. The molecule has 2 aromatic heterocycles. The highest BCUT2D eigenvalue weighted by Crippen LogP contribution is 2.07. The molecule has 0 fully saturated rings. The molecule has 0 radical (unpaired) electrons. The zero-order valence-electron chi connectivity index (χ0n) is 10.1. The predicted octanol–water partition coefficient (Wildman–Crippen LogP) is 3.04. The van der Waals surface area contributed by atoms with Crippen molar-refractivity contribution in [3.8, 4) is 11.8 Å². The van der Waals surface area contributed by atoms with Crippen LogP contribution in [0.4, 0.5) is 0 Å². The van der Waals surface area contributed by atoms with Crippen LogP contribution in [0.25, 0.3) is 5.65 Å². The monoisotopic (exact) mass is 232 g/mol. The van der Waals surface area contributed by atoms with Crippen molar-refractivity contribution in [2.45, 2.75) is 6.92 Å². The van der Waals surface area contributed by atoms with Gasteiger partial charge in [-0.3, -0.25) is 0 Å². The van der Waals surface area contributed by atoms with Crippen LogP contribution in [0.15, 0.2) is 54.9 Å². The Balaban J connectivity index is 2.01. The molecule has 0 unspecified atom stereocenters. The number of rotatable bonds is 0. The van der Waals surface area contributed by atoms with Crippen molar-refractivity contribution in [2.24, 2.45) is 0 Å². The van der Waals surface area contributed by atoms with Gasteiger partial charge in [0, 0.05) is 29.2 Å². The summed E-state index contributed by atoms with van der Waals surface area (Å²) in [5, 5.41) is 0. The van der Waals surface area contributed by atoms with E-state index < -0.39 is 0 Å². The quantitative estimate of drug-likeness (QED) is 0.544. The number of pyridine rings is 1. The van der Waals surface area contributed by atoms with Gasteiger partial charge in [0.05, 0.1) is 0 Å². The van der Waals surface area contributed by atoms with Gasteiger partial charge >= 0.3 is 0 Å². The lowest BCUT2D eigenvalue weighted by atomic mass is 10.2. The van der Waals surface area contributed by atoms with Gasteiger partial charge in [-0.15, -0.1) is 0 Å². The van der Waals surface area contributed by atoms with Crippen LogP contribution < -0.4 is 0 Å². The van der Waals surface area contributed by atoms with Crippen molar-refractivity contribution in [3.05, 3.63) is 71.7 Å². The molecule has 18 heavy (non-hydrogen) atoms. The van der Waals surface area contributed by atoms with Crippen LogP contribution in [0.3, 0.4) is 0 Å². The summed E-state index contributed by atoms with van der Waals surface area (Å²) in [6, 6.07) is 14.0. The third-order valence-electron chi connectivity index (χ3n) is 2.82. The van der Waals surface area contributed by atoms with E-state index in [1.54, 1.807) is 0 Å². The summed E-state index contributed by atoms with van der Waals surface area (Å²) in [6.45, 7) is 2.04. The number of hydrogen-bond acceptors (Lipinski definition) is 1. The molecule has 1 aromatic carbocycles. The van der Waals surface area contributed by atoms with Gasteiger partial charge in [0.15, 0.2) is 0 Å². The van der Waals surface area contributed by atoms with Gasteiger partial charge in [0.2, 0.25) is 0 Å². The molecule has 3 rings (SSSR count). The molecule has 0 bridgehead atoms. The summed E-state index contributed by atoms with van der Waals surface area (Å²) in [5.74, 6) is 6.33. The smallest absolute Gasteiger partial charge is 0.136 e. The topological polar surface area (TPSA) is 17.3 Å². The lowest BCUT2D eigenvalue weighted by molar-refractivity contribution is 1.10. The summed E-state index contributed by atoms with van der Waals surface area (Å²) in [6.07, 6.45) is 3.89. The van der Waals surface area contributed by atoms with Crippen molar-refractivity contribution < 1.29 is 0 Å². The Kier molecular flexibility index (Phi) is 2.59. The van der Waals surface area contributed by atoms with E-state index >= 15 is 0 Å². The maximum atomic E-state index is 4.29. The van der Waals surface area contributed by atoms with Gasteiger partial charge in [-0.2, -0.15) is 0 Å². The first kappa shape index (κ1) is 10.6. The highest BCUT2D eigenvalue weighted by atomic mass is 15.0. The van der Waals surface area contributed by atoms with Crippen molar-refractivity contribution in [1.82, 2.24) is 9.38 Å². The lowest BCUT2D eigenvalue weighted by Gasteiger charge is -1.96. The fourth-order valence-corrected chi connectivity index (χ4v) is 1.84.